The molecule has 0 aliphatic rings. The van der Waals surface area contributed by atoms with Crippen LogP contribution in [0.2, 0.25) is 0 Å². The molecule has 2 aromatic heterocycles. The van der Waals surface area contributed by atoms with Gasteiger partial charge in [0.15, 0.2) is 0 Å². The first kappa shape index (κ1) is 9.03. The minimum absolute atomic E-state index is 0.197. The number of hydrogen-bond acceptors (Lipinski definition) is 3. The van der Waals surface area contributed by atoms with Crippen molar-refractivity contribution in [3.63, 3.8) is 0 Å². The van der Waals surface area contributed by atoms with Crippen LogP contribution in [0.25, 0.3) is 22.2 Å². The van der Waals surface area contributed by atoms with Crippen molar-refractivity contribution < 1.29 is 4.42 Å². The van der Waals surface area contributed by atoms with Crippen LogP contribution in [0.4, 0.5) is 6.01 Å². The Morgan fingerprint density at radius 3 is 2.88 bits per heavy atom. The highest BCUT2D eigenvalue weighted by Crippen LogP contribution is 2.29. The molecular formula is C12H11N3O. The van der Waals surface area contributed by atoms with Crippen LogP contribution in [0.5, 0.6) is 0 Å². The van der Waals surface area contributed by atoms with E-state index in [2.05, 4.69) is 21.7 Å². The molecule has 0 unspecified atom stereocenters. The van der Waals surface area contributed by atoms with E-state index in [0.717, 1.165) is 16.6 Å². The smallest absolute Gasteiger partial charge is 0.292 e. The largest absolute Gasteiger partial charge is 0.432 e. The summed E-state index contributed by atoms with van der Waals surface area (Å²) >= 11 is 0. The van der Waals surface area contributed by atoms with E-state index in [0.29, 0.717) is 0 Å². The van der Waals surface area contributed by atoms with E-state index < -0.39 is 0 Å². The summed E-state index contributed by atoms with van der Waals surface area (Å²) < 4.78 is 7.10. The van der Waals surface area contributed by atoms with Gasteiger partial charge in [-0.1, -0.05) is 18.2 Å². The Labute approximate surface area is 92.3 Å². The molecule has 1 aromatic carbocycles. The number of aromatic nitrogens is 2. The molecule has 2 heterocycles. The fourth-order valence-electron chi connectivity index (χ4n) is 1.96. The molecule has 0 aliphatic heterocycles. The van der Waals surface area contributed by atoms with Crippen LogP contribution in [-0.4, -0.2) is 9.55 Å². The van der Waals surface area contributed by atoms with Crippen LogP contribution in [0.1, 0.15) is 0 Å². The number of aryl methyl sites for hydroxylation is 1. The van der Waals surface area contributed by atoms with Crippen LogP contribution in [0, 0.1) is 0 Å². The lowest BCUT2D eigenvalue weighted by molar-refractivity contribution is 0.581. The number of rotatable bonds is 1. The van der Waals surface area contributed by atoms with E-state index in [4.69, 9.17) is 10.2 Å². The molecule has 0 saturated heterocycles. The van der Waals surface area contributed by atoms with Gasteiger partial charge in [-0.25, -0.2) is 0 Å². The molecule has 0 spiro atoms. The maximum Gasteiger partial charge on any atom is 0.292 e. The number of benzene rings is 1. The Hall–Kier alpha value is -2.23. The Morgan fingerprint density at radius 1 is 1.31 bits per heavy atom. The van der Waals surface area contributed by atoms with Crippen molar-refractivity contribution in [3.05, 3.63) is 36.7 Å². The minimum Gasteiger partial charge on any atom is -0.432 e. The highest BCUT2D eigenvalue weighted by Gasteiger charge is 2.11. The lowest BCUT2D eigenvalue weighted by atomic mass is 10.1. The highest BCUT2D eigenvalue weighted by atomic mass is 16.4. The van der Waals surface area contributed by atoms with Crippen molar-refractivity contribution in [3.8, 4) is 11.3 Å². The standard InChI is InChI=1S/C12H11N3O/c1-15-6-9(10-7-16-12(13)14-10)8-4-2-3-5-11(8)15/h2-7H,1H3,(H2,13,14). The molecule has 4 heteroatoms. The zero-order chi connectivity index (χ0) is 11.1. The number of fused-ring (bicyclic) bond motifs is 1. The summed E-state index contributed by atoms with van der Waals surface area (Å²) in [6.45, 7) is 0. The summed E-state index contributed by atoms with van der Waals surface area (Å²) in [5.74, 6) is 0. The predicted octanol–water partition coefficient (Wildman–Crippen LogP) is 2.42. The predicted molar refractivity (Wildman–Crippen MR) is 62.8 cm³/mol. The molecule has 80 valence electrons. The molecule has 0 fully saturated rings. The fraction of sp³-hybridized carbons (Fsp3) is 0.0833. The zero-order valence-corrected chi connectivity index (χ0v) is 8.84. The van der Waals surface area contributed by atoms with Crippen LogP contribution in [0.3, 0.4) is 0 Å². The number of para-hydroxylation sites is 1. The first-order valence-electron chi connectivity index (χ1n) is 5.01. The summed E-state index contributed by atoms with van der Waals surface area (Å²) in [7, 11) is 2.01. The second-order valence-electron chi connectivity index (χ2n) is 3.74. The van der Waals surface area contributed by atoms with Crippen molar-refractivity contribution in [1.82, 2.24) is 9.55 Å². The van der Waals surface area contributed by atoms with Gasteiger partial charge in [0.05, 0.1) is 0 Å². The van der Waals surface area contributed by atoms with Crippen molar-refractivity contribution in [1.29, 1.82) is 0 Å². The minimum atomic E-state index is 0.197. The molecule has 0 atom stereocenters. The lowest BCUT2D eigenvalue weighted by Crippen LogP contribution is -1.83. The van der Waals surface area contributed by atoms with Crippen molar-refractivity contribution in [2.24, 2.45) is 7.05 Å². The molecule has 0 amide bonds. The molecule has 16 heavy (non-hydrogen) atoms. The Balaban J connectivity index is 2.32. The third-order valence-electron chi connectivity index (χ3n) is 2.69. The Bertz CT molecular complexity index is 651. The van der Waals surface area contributed by atoms with Crippen LogP contribution in [0.15, 0.2) is 41.1 Å². The number of hydrogen-bond donors (Lipinski definition) is 1. The average molecular weight is 213 g/mol. The third kappa shape index (κ3) is 1.20. The second-order valence-corrected chi connectivity index (χ2v) is 3.74. The molecule has 3 rings (SSSR count). The van der Waals surface area contributed by atoms with Gasteiger partial charge in [0.25, 0.3) is 6.01 Å². The molecule has 0 aliphatic carbocycles. The first-order chi connectivity index (χ1) is 7.75. The molecule has 0 bridgehead atoms. The van der Waals surface area contributed by atoms with Crippen LogP contribution in [-0.2, 0) is 7.05 Å². The average Bonchev–Trinajstić information content (AvgIpc) is 2.84. The summed E-state index contributed by atoms with van der Waals surface area (Å²) in [6, 6.07) is 8.36. The zero-order valence-electron chi connectivity index (χ0n) is 8.84. The third-order valence-corrected chi connectivity index (χ3v) is 2.69. The van der Waals surface area contributed by atoms with Gasteiger partial charge < -0.3 is 14.7 Å². The maximum absolute atomic E-state index is 5.48. The van der Waals surface area contributed by atoms with Gasteiger partial charge in [0.2, 0.25) is 0 Å². The Kier molecular flexibility index (Phi) is 1.77. The van der Waals surface area contributed by atoms with E-state index >= 15 is 0 Å². The van der Waals surface area contributed by atoms with Gasteiger partial charge >= 0.3 is 0 Å². The Morgan fingerprint density at radius 2 is 2.12 bits per heavy atom. The van der Waals surface area contributed by atoms with Crippen molar-refractivity contribution in [2.45, 2.75) is 0 Å². The van der Waals surface area contributed by atoms with Crippen molar-refractivity contribution >= 4 is 16.9 Å². The summed E-state index contributed by atoms with van der Waals surface area (Å²) in [5.41, 5.74) is 8.46. The van der Waals surface area contributed by atoms with E-state index in [1.165, 1.54) is 5.52 Å². The number of nitrogen functional groups attached to an aromatic ring is 1. The number of nitrogens with two attached hydrogens (primary N) is 1. The molecule has 0 saturated carbocycles. The molecule has 0 radical (unpaired) electrons. The first-order valence-corrected chi connectivity index (χ1v) is 5.01. The second kappa shape index (κ2) is 3.13. The summed E-state index contributed by atoms with van der Waals surface area (Å²) in [6.07, 6.45) is 3.61. The maximum atomic E-state index is 5.48. The van der Waals surface area contributed by atoms with Gasteiger partial charge in [-0.05, 0) is 6.07 Å². The number of nitrogens with zero attached hydrogens (tertiary/aromatic N) is 2. The van der Waals surface area contributed by atoms with Gasteiger partial charge in [-0.3, -0.25) is 0 Å². The van der Waals surface area contributed by atoms with E-state index in [9.17, 15) is 0 Å². The number of anilines is 1. The topological polar surface area (TPSA) is 57.0 Å². The normalized spacial score (nSPS) is 11.1. The summed E-state index contributed by atoms with van der Waals surface area (Å²) in [5, 5.41) is 1.15. The van der Waals surface area contributed by atoms with Crippen LogP contribution < -0.4 is 5.73 Å². The van der Waals surface area contributed by atoms with Crippen molar-refractivity contribution in [2.75, 3.05) is 5.73 Å². The lowest BCUT2D eigenvalue weighted by Gasteiger charge is -1.93. The molecule has 2 N–H and O–H groups in total. The molecular weight excluding hydrogens is 202 g/mol. The SMILES string of the molecule is Cn1cc(-c2coc(N)n2)c2ccccc21. The fourth-order valence-corrected chi connectivity index (χ4v) is 1.96. The van der Waals surface area contributed by atoms with Gasteiger partial charge in [-0.15, -0.1) is 0 Å². The van der Waals surface area contributed by atoms with E-state index in [1.54, 1.807) is 6.26 Å². The number of oxazole rings is 1. The monoisotopic (exact) mass is 213 g/mol. The quantitative estimate of drug-likeness (QED) is 0.675. The molecule has 4 nitrogen and oxygen atoms in total. The van der Waals surface area contributed by atoms with Gasteiger partial charge in [0, 0.05) is 29.7 Å². The molecule has 3 aromatic rings. The van der Waals surface area contributed by atoms with Crippen LogP contribution >= 0.6 is 0 Å². The highest BCUT2D eigenvalue weighted by molar-refractivity contribution is 5.95. The van der Waals surface area contributed by atoms with Gasteiger partial charge in [-0.2, -0.15) is 4.98 Å². The van der Waals surface area contributed by atoms with E-state index in [1.807, 2.05) is 25.4 Å². The summed E-state index contributed by atoms with van der Waals surface area (Å²) in [4.78, 5) is 4.14. The van der Waals surface area contributed by atoms with Gasteiger partial charge in [0.1, 0.15) is 12.0 Å². The van der Waals surface area contributed by atoms with E-state index in [-0.39, 0.29) is 6.01 Å².